The van der Waals surface area contributed by atoms with Crippen LogP contribution in [0.4, 0.5) is 5.69 Å². The van der Waals surface area contributed by atoms with Crippen molar-refractivity contribution in [3.8, 4) is 10.6 Å². The number of hydrogen-bond donors (Lipinski definition) is 1. The quantitative estimate of drug-likeness (QED) is 0.445. The zero-order chi connectivity index (χ0) is 18.8. The number of rotatable bonds is 5. The Hall–Kier alpha value is -2.98. The van der Waals surface area contributed by atoms with Gasteiger partial charge < -0.3 is 5.32 Å². The van der Waals surface area contributed by atoms with Gasteiger partial charge in [-0.2, -0.15) is 0 Å². The van der Waals surface area contributed by atoms with Crippen LogP contribution in [0.3, 0.4) is 0 Å². The molecule has 0 aliphatic carbocycles. The standard InChI is InChI=1S/C23H20N2OS/c1-15-3-6-17(7-4-15)21(26)14-24-19-10-8-18(9-11-19)23-25-20-12-5-16(2)13-22(20)27-23/h3-13,24H,14H2,1-2H3. The average molecular weight is 372 g/mol. The van der Waals surface area contributed by atoms with Gasteiger partial charge >= 0.3 is 0 Å². The molecule has 1 aromatic heterocycles. The van der Waals surface area contributed by atoms with Crippen LogP contribution in [0.15, 0.2) is 66.7 Å². The lowest BCUT2D eigenvalue weighted by Gasteiger charge is -2.07. The number of hydrogen-bond acceptors (Lipinski definition) is 4. The highest BCUT2D eigenvalue weighted by atomic mass is 32.1. The molecule has 0 amide bonds. The number of Topliss-reactive ketones (excluding diaryl/α,β-unsaturated/α-hetero) is 1. The van der Waals surface area contributed by atoms with Gasteiger partial charge in [0, 0.05) is 16.8 Å². The number of carbonyl (C=O) groups is 1. The molecule has 0 aliphatic heterocycles. The molecule has 4 rings (SSSR count). The summed E-state index contributed by atoms with van der Waals surface area (Å²) in [5, 5.41) is 4.22. The number of thiazole rings is 1. The van der Waals surface area contributed by atoms with Crippen LogP contribution in [0.2, 0.25) is 0 Å². The van der Waals surface area contributed by atoms with Gasteiger partial charge in [0.25, 0.3) is 0 Å². The van der Waals surface area contributed by atoms with E-state index in [1.165, 1.54) is 10.3 Å². The van der Waals surface area contributed by atoms with Crippen molar-refractivity contribution in [1.82, 2.24) is 4.98 Å². The van der Waals surface area contributed by atoms with Gasteiger partial charge in [0.15, 0.2) is 5.78 Å². The summed E-state index contributed by atoms with van der Waals surface area (Å²) in [4.78, 5) is 17.0. The SMILES string of the molecule is Cc1ccc(C(=O)CNc2ccc(-c3nc4ccc(C)cc4s3)cc2)cc1. The number of nitrogens with zero attached hydrogens (tertiary/aromatic N) is 1. The van der Waals surface area contributed by atoms with Gasteiger partial charge in [0.1, 0.15) is 5.01 Å². The largest absolute Gasteiger partial charge is 0.378 e. The predicted molar refractivity (Wildman–Crippen MR) is 114 cm³/mol. The molecule has 4 aromatic rings. The van der Waals surface area contributed by atoms with E-state index in [0.717, 1.165) is 32.9 Å². The highest BCUT2D eigenvalue weighted by Gasteiger charge is 2.08. The van der Waals surface area contributed by atoms with Crippen molar-refractivity contribution in [3.05, 3.63) is 83.4 Å². The molecule has 0 bridgehead atoms. The van der Waals surface area contributed by atoms with Gasteiger partial charge in [-0.25, -0.2) is 4.98 Å². The molecule has 4 heteroatoms. The minimum absolute atomic E-state index is 0.0839. The van der Waals surface area contributed by atoms with E-state index in [-0.39, 0.29) is 12.3 Å². The van der Waals surface area contributed by atoms with Gasteiger partial charge in [-0.1, -0.05) is 35.9 Å². The second kappa shape index (κ2) is 7.33. The molecule has 0 aliphatic rings. The third-order valence-electron chi connectivity index (χ3n) is 4.50. The van der Waals surface area contributed by atoms with Gasteiger partial charge in [0.05, 0.1) is 16.8 Å². The Morgan fingerprint density at radius 1 is 0.926 bits per heavy atom. The number of aryl methyl sites for hydroxylation is 2. The topological polar surface area (TPSA) is 42.0 Å². The van der Waals surface area contributed by atoms with E-state index in [1.54, 1.807) is 11.3 Å². The molecule has 3 nitrogen and oxygen atoms in total. The molecule has 1 heterocycles. The summed E-state index contributed by atoms with van der Waals surface area (Å²) in [7, 11) is 0. The number of nitrogens with one attached hydrogen (secondary N) is 1. The zero-order valence-electron chi connectivity index (χ0n) is 15.3. The van der Waals surface area contributed by atoms with Crippen molar-refractivity contribution in [1.29, 1.82) is 0 Å². The second-order valence-electron chi connectivity index (χ2n) is 6.71. The lowest BCUT2D eigenvalue weighted by molar-refractivity contribution is 0.101. The second-order valence-corrected chi connectivity index (χ2v) is 7.74. The summed E-state index contributed by atoms with van der Waals surface area (Å²) in [6.45, 7) is 4.39. The minimum atomic E-state index is 0.0839. The van der Waals surface area contributed by atoms with Crippen LogP contribution in [-0.4, -0.2) is 17.3 Å². The summed E-state index contributed by atoms with van der Waals surface area (Å²) < 4.78 is 1.20. The van der Waals surface area contributed by atoms with Crippen molar-refractivity contribution >= 4 is 33.0 Å². The Balaban J connectivity index is 1.45. The van der Waals surface area contributed by atoms with Gasteiger partial charge in [-0.05, 0) is 55.8 Å². The zero-order valence-corrected chi connectivity index (χ0v) is 16.1. The van der Waals surface area contributed by atoms with Crippen LogP contribution in [0.5, 0.6) is 0 Å². The molecular weight excluding hydrogens is 352 g/mol. The Kier molecular flexibility index (Phi) is 4.73. The first-order valence-corrected chi connectivity index (χ1v) is 9.71. The molecule has 0 atom stereocenters. The number of carbonyl (C=O) groups excluding carboxylic acids is 1. The maximum atomic E-state index is 12.3. The normalized spacial score (nSPS) is 10.9. The van der Waals surface area contributed by atoms with Gasteiger partial charge in [-0.3, -0.25) is 4.79 Å². The molecule has 3 aromatic carbocycles. The van der Waals surface area contributed by atoms with Crippen LogP contribution >= 0.6 is 11.3 Å². The van der Waals surface area contributed by atoms with E-state index in [4.69, 9.17) is 4.98 Å². The summed E-state index contributed by atoms with van der Waals surface area (Å²) in [6.07, 6.45) is 0. The van der Waals surface area contributed by atoms with E-state index >= 15 is 0 Å². The maximum Gasteiger partial charge on any atom is 0.181 e. The lowest BCUT2D eigenvalue weighted by atomic mass is 10.1. The molecule has 0 saturated carbocycles. The first-order chi connectivity index (χ1) is 13.1. The Morgan fingerprint density at radius 2 is 1.63 bits per heavy atom. The monoisotopic (exact) mass is 372 g/mol. The van der Waals surface area contributed by atoms with E-state index in [9.17, 15) is 4.79 Å². The van der Waals surface area contributed by atoms with Crippen molar-refractivity contribution in [2.45, 2.75) is 13.8 Å². The molecule has 1 N–H and O–H groups in total. The molecule has 27 heavy (non-hydrogen) atoms. The van der Waals surface area contributed by atoms with E-state index < -0.39 is 0 Å². The number of aromatic nitrogens is 1. The first-order valence-electron chi connectivity index (χ1n) is 8.90. The fourth-order valence-corrected chi connectivity index (χ4v) is 3.98. The fraction of sp³-hybridized carbons (Fsp3) is 0.130. The molecule has 0 saturated heterocycles. The molecule has 134 valence electrons. The van der Waals surface area contributed by atoms with Crippen LogP contribution in [0.1, 0.15) is 21.5 Å². The third kappa shape index (κ3) is 3.91. The smallest absolute Gasteiger partial charge is 0.181 e. The summed E-state index contributed by atoms with van der Waals surface area (Å²) >= 11 is 1.70. The van der Waals surface area contributed by atoms with Crippen molar-refractivity contribution in [2.24, 2.45) is 0 Å². The molecule has 0 spiro atoms. The summed E-state index contributed by atoms with van der Waals surface area (Å²) in [5.74, 6) is 0.0839. The van der Waals surface area contributed by atoms with E-state index in [0.29, 0.717) is 0 Å². The molecule has 0 fully saturated rings. The first kappa shape index (κ1) is 17.4. The number of anilines is 1. The molecule has 0 unspecified atom stereocenters. The van der Waals surface area contributed by atoms with Crippen molar-refractivity contribution in [2.75, 3.05) is 11.9 Å². The fourth-order valence-electron chi connectivity index (χ4n) is 2.91. The van der Waals surface area contributed by atoms with Crippen molar-refractivity contribution < 1.29 is 4.79 Å². The van der Waals surface area contributed by atoms with Crippen LogP contribution in [0.25, 0.3) is 20.8 Å². The van der Waals surface area contributed by atoms with Crippen LogP contribution < -0.4 is 5.32 Å². The van der Waals surface area contributed by atoms with Crippen molar-refractivity contribution in [3.63, 3.8) is 0 Å². The van der Waals surface area contributed by atoms with Gasteiger partial charge in [-0.15, -0.1) is 11.3 Å². The van der Waals surface area contributed by atoms with Crippen LogP contribution in [-0.2, 0) is 0 Å². The summed E-state index contributed by atoms with van der Waals surface area (Å²) in [6, 6.07) is 22.1. The van der Waals surface area contributed by atoms with Crippen LogP contribution in [0, 0.1) is 13.8 Å². The molecular formula is C23H20N2OS. The predicted octanol–water partition coefficient (Wildman–Crippen LogP) is 5.87. The number of fused-ring (bicyclic) bond motifs is 1. The van der Waals surface area contributed by atoms with Gasteiger partial charge in [0.2, 0.25) is 0 Å². The minimum Gasteiger partial charge on any atom is -0.378 e. The highest BCUT2D eigenvalue weighted by Crippen LogP contribution is 2.31. The number of benzene rings is 3. The molecule has 0 radical (unpaired) electrons. The Morgan fingerprint density at radius 3 is 2.37 bits per heavy atom. The Labute approximate surface area is 162 Å². The summed E-state index contributed by atoms with van der Waals surface area (Å²) in [5.41, 5.74) is 6.18. The van der Waals surface area contributed by atoms with E-state index in [2.05, 4.69) is 30.4 Å². The number of ketones is 1. The third-order valence-corrected chi connectivity index (χ3v) is 5.57. The highest BCUT2D eigenvalue weighted by molar-refractivity contribution is 7.21. The maximum absolute atomic E-state index is 12.3. The Bertz CT molecular complexity index is 1100. The van der Waals surface area contributed by atoms with E-state index in [1.807, 2.05) is 55.5 Å². The lowest BCUT2D eigenvalue weighted by Crippen LogP contribution is -2.13. The average Bonchev–Trinajstić information content (AvgIpc) is 3.10.